The predicted molar refractivity (Wildman–Crippen MR) is 79.9 cm³/mol. The summed E-state index contributed by atoms with van der Waals surface area (Å²) >= 11 is 0. The molecule has 2 aromatic carbocycles. The summed E-state index contributed by atoms with van der Waals surface area (Å²) in [5.74, 6) is -2.49. The van der Waals surface area contributed by atoms with Crippen molar-refractivity contribution in [2.45, 2.75) is 13.0 Å². The fourth-order valence-corrected chi connectivity index (χ4v) is 2.08. The van der Waals surface area contributed by atoms with Gasteiger partial charge in [0.2, 0.25) is 0 Å². The van der Waals surface area contributed by atoms with E-state index in [-0.39, 0.29) is 17.1 Å². The lowest BCUT2D eigenvalue weighted by Crippen LogP contribution is -2.14. The first-order chi connectivity index (χ1) is 11.3. The van der Waals surface area contributed by atoms with Gasteiger partial charge in [-0.25, -0.2) is 8.78 Å². The quantitative estimate of drug-likeness (QED) is 0.497. The van der Waals surface area contributed by atoms with Gasteiger partial charge in [0.25, 0.3) is 0 Å². The number of nitro groups is 1. The smallest absolute Gasteiger partial charge is 0.311 e. The average molecular weight is 337 g/mol. The number of benzene rings is 2. The van der Waals surface area contributed by atoms with Gasteiger partial charge in [-0.3, -0.25) is 14.9 Å². The largest absolute Gasteiger partial charge is 0.484 e. The number of ketones is 1. The standard InChI is InChI=1S/C16H13F2NO5/c1-9(20)10-5-6-15(13(7-10)19(22)23)24-8-14(21)16-11(17)3-2-4-12(16)18/h2-7,14,21H,8H2,1H3. The first-order valence-corrected chi connectivity index (χ1v) is 6.85. The maximum absolute atomic E-state index is 13.6. The Morgan fingerprint density at radius 1 is 1.29 bits per heavy atom. The molecular weight excluding hydrogens is 324 g/mol. The van der Waals surface area contributed by atoms with Crippen LogP contribution in [0.5, 0.6) is 5.75 Å². The number of Topliss-reactive ketones (excluding diaryl/α,β-unsaturated/α-hetero) is 1. The second-order valence-electron chi connectivity index (χ2n) is 4.96. The van der Waals surface area contributed by atoms with Gasteiger partial charge >= 0.3 is 5.69 Å². The Kier molecular flexibility index (Phi) is 5.20. The number of carbonyl (C=O) groups excluding carboxylic acids is 1. The third kappa shape index (κ3) is 3.72. The highest BCUT2D eigenvalue weighted by Crippen LogP contribution is 2.30. The molecule has 0 amide bonds. The van der Waals surface area contributed by atoms with Gasteiger partial charge in [-0.15, -0.1) is 0 Å². The van der Waals surface area contributed by atoms with E-state index in [9.17, 15) is 28.8 Å². The number of ether oxygens (including phenoxy) is 1. The van der Waals surface area contributed by atoms with E-state index in [0.29, 0.717) is 0 Å². The minimum atomic E-state index is -1.65. The zero-order chi connectivity index (χ0) is 17.9. The zero-order valence-corrected chi connectivity index (χ0v) is 12.5. The zero-order valence-electron chi connectivity index (χ0n) is 12.5. The van der Waals surface area contributed by atoms with Crippen LogP contribution >= 0.6 is 0 Å². The molecule has 0 aliphatic heterocycles. The van der Waals surface area contributed by atoms with Crippen molar-refractivity contribution in [2.75, 3.05) is 6.61 Å². The Balaban J connectivity index is 2.22. The predicted octanol–water partition coefficient (Wildman–Crippen LogP) is 3.19. The van der Waals surface area contributed by atoms with Crippen molar-refractivity contribution >= 4 is 11.5 Å². The minimum Gasteiger partial charge on any atom is -0.484 e. The summed E-state index contributed by atoms with van der Waals surface area (Å²) in [5, 5.41) is 20.9. The van der Waals surface area contributed by atoms with Gasteiger partial charge in [0.15, 0.2) is 11.5 Å². The van der Waals surface area contributed by atoms with Crippen LogP contribution in [-0.4, -0.2) is 22.4 Å². The SMILES string of the molecule is CC(=O)c1ccc(OCC(O)c2c(F)cccc2F)c([N+](=O)[O-])c1. The Morgan fingerprint density at radius 3 is 2.46 bits per heavy atom. The van der Waals surface area contributed by atoms with Crippen LogP contribution < -0.4 is 4.74 Å². The molecule has 0 spiro atoms. The van der Waals surface area contributed by atoms with Crippen molar-refractivity contribution < 1.29 is 28.3 Å². The molecule has 1 atom stereocenters. The molecule has 0 radical (unpaired) electrons. The lowest BCUT2D eigenvalue weighted by molar-refractivity contribution is -0.386. The summed E-state index contributed by atoms with van der Waals surface area (Å²) in [4.78, 5) is 21.6. The summed E-state index contributed by atoms with van der Waals surface area (Å²) in [5.41, 5.74) is -0.945. The van der Waals surface area contributed by atoms with Gasteiger partial charge in [0.1, 0.15) is 24.3 Å². The van der Waals surface area contributed by atoms with Gasteiger partial charge in [-0.2, -0.15) is 0 Å². The van der Waals surface area contributed by atoms with Gasteiger partial charge < -0.3 is 9.84 Å². The maximum atomic E-state index is 13.6. The third-order valence-corrected chi connectivity index (χ3v) is 3.29. The van der Waals surface area contributed by atoms with Crippen molar-refractivity contribution in [3.05, 3.63) is 69.3 Å². The molecule has 8 heteroatoms. The molecule has 0 saturated heterocycles. The molecule has 0 heterocycles. The van der Waals surface area contributed by atoms with Crippen LogP contribution in [-0.2, 0) is 0 Å². The van der Waals surface area contributed by atoms with E-state index in [0.717, 1.165) is 24.3 Å². The molecule has 0 fully saturated rings. The number of nitrogens with zero attached hydrogens (tertiary/aromatic N) is 1. The van der Waals surface area contributed by atoms with Crippen molar-refractivity contribution in [1.29, 1.82) is 0 Å². The fourth-order valence-electron chi connectivity index (χ4n) is 2.08. The van der Waals surface area contributed by atoms with Crippen LogP contribution in [0.4, 0.5) is 14.5 Å². The van der Waals surface area contributed by atoms with Gasteiger partial charge in [0.05, 0.1) is 10.5 Å². The number of carbonyl (C=O) groups is 1. The molecule has 24 heavy (non-hydrogen) atoms. The van der Waals surface area contributed by atoms with E-state index in [1.165, 1.54) is 19.1 Å². The van der Waals surface area contributed by atoms with E-state index in [2.05, 4.69) is 0 Å². The fraction of sp³-hybridized carbons (Fsp3) is 0.188. The summed E-state index contributed by atoms with van der Waals surface area (Å²) in [6, 6.07) is 6.65. The molecule has 2 aromatic rings. The molecule has 1 unspecified atom stereocenters. The van der Waals surface area contributed by atoms with Crippen molar-refractivity contribution in [3.63, 3.8) is 0 Å². The molecule has 0 aromatic heterocycles. The lowest BCUT2D eigenvalue weighted by atomic mass is 10.1. The Morgan fingerprint density at radius 2 is 1.92 bits per heavy atom. The van der Waals surface area contributed by atoms with Crippen molar-refractivity contribution in [2.24, 2.45) is 0 Å². The second-order valence-corrected chi connectivity index (χ2v) is 4.96. The third-order valence-electron chi connectivity index (χ3n) is 3.29. The number of rotatable bonds is 6. The molecule has 6 nitrogen and oxygen atoms in total. The monoisotopic (exact) mass is 337 g/mol. The number of aliphatic hydroxyl groups excluding tert-OH is 1. The summed E-state index contributed by atoms with van der Waals surface area (Å²) in [7, 11) is 0. The van der Waals surface area contributed by atoms with Crippen LogP contribution in [0.15, 0.2) is 36.4 Å². The van der Waals surface area contributed by atoms with Gasteiger partial charge in [-0.05, 0) is 31.2 Å². The number of nitro benzene ring substituents is 1. The van der Waals surface area contributed by atoms with Crippen LogP contribution in [0.25, 0.3) is 0 Å². The normalized spacial score (nSPS) is 11.8. The first kappa shape index (κ1) is 17.5. The maximum Gasteiger partial charge on any atom is 0.311 e. The lowest BCUT2D eigenvalue weighted by Gasteiger charge is -2.14. The topological polar surface area (TPSA) is 89.7 Å². The molecule has 2 rings (SSSR count). The van der Waals surface area contributed by atoms with E-state index in [4.69, 9.17) is 4.74 Å². The molecule has 126 valence electrons. The van der Waals surface area contributed by atoms with Gasteiger partial charge in [-0.1, -0.05) is 6.07 Å². The highest BCUT2D eigenvalue weighted by molar-refractivity contribution is 5.95. The van der Waals surface area contributed by atoms with Crippen molar-refractivity contribution in [3.8, 4) is 5.75 Å². The summed E-state index contributed by atoms with van der Waals surface area (Å²) in [6.07, 6.45) is -1.65. The van der Waals surface area contributed by atoms with Crippen LogP contribution in [0, 0.1) is 21.7 Å². The van der Waals surface area contributed by atoms with E-state index < -0.39 is 40.5 Å². The summed E-state index contributed by atoms with van der Waals surface area (Å²) in [6.45, 7) is 0.655. The van der Waals surface area contributed by atoms with Gasteiger partial charge in [0, 0.05) is 11.6 Å². The highest BCUT2D eigenvalue weighted by Gasteiger charge is 2.22. The van der Waals surface area contributed by atoms with Crippen LogP contribution in [0.3, 0.4) is 0 Å². The number of aliphatic hydroxyl groups is 1. The molecule has 0 aliphatic rings. The molecule has 0 bridgehead atoms. The first-order valence-electron chi connectivity index (χ1n) is 6.85. The van der Waals surface area contributed by atoms with Crippen molar-refractivity contribution in [1.82, 2.24) is 0 Å². The molecule has 1 N–H and O–H groups in total. The molecular formula is C16H13F2NO5. The number of hydrogen-bond acceptors (Lipinski definition) is 5. The Hall–Kier alpha value is -2.87. The minimum absolute atomic E-state index is 0.120. The second kappa shape index (κ2) is 7.14. The highest BCUT2D eigenvalue weighted by atomic mass is 19.1. The van der Waals surface area contributed by atoms with Crippen LogP contribution in [0.2, 0.25) is 0 Å². The number of hydrogen-bond donors (Lipinski definition) is 1. The Bertz CT molecular complexity index is 774. The Labute approximate surface area is 135 Å². The van der Waals surface area contributed by atoms with E-state index in [1.807, 2.05) is 0 Å². The van der Waals surface area contributed by atoms with Crippen LogP contribution in [0.1, 0.15) is 28.9 Å². The molecule has 0 saturated carbocycles. The summed E-state index contributed by atoms with van der Waals surface area (Å²) < 4.78 is 32.3. The van der Waals surface area contributed by atoms with E-state index >= 15 is 0 Å². The van der Waals surface area contributed by atoms with E-state index in [1.54, 1.807) is 0 Å². The molecule has 0 aliphatic carbocycles. The average Bonchev–Trinajstić information content (AvgIpc) is 2.52. The number of halogens is 2.